The molecule has 0 rings (SSSR count). The summed E-state index contributed by atoms with van der Waals surface area (Å²) in [6.45, 7) is 7.48. The molecular formula is C55H96O5. The van der Waals surface area contributed by atoms with E-state index in [0.717, 1.165) is 77.0 Å². The third-order valence-corrected chi connectivity index (χ3v) is 10.7. The summed E-state index contributed by atoms with van der Waals surface area (Å²) in [4.78, 5) is 25.3. The SMILES string of the molecule is CC/C=C\C/C=C\C/C=C\C/C=C\C/C=C\CCOCC(COC(=O)CCCCCCCCCCCCCCCCCCC)OC(=O)CCCCCCC/C=C\CCCC. The first-order valence-corrected chi connectivity index (χ1v) is 25.5. The van der Waals surface area contributed by atoms with Crippen molar-refractivity contribution in [2.75, 3.05) is 19.8 Å². The van der Waals surface area contributed by atoms with E-state index in [1.165, 1.54) is 128 Å². The molecule has 0 amide bonds. The van der Waals surface area contributed by atoms with Crippen molar-refractivity contribution >= 4 is 11.9 Å². The Labute approximate surface area is 372 Å². The van der Waals surface area contributed by atoms with Crippen LogP contribution in [0.3, 0.4) is 0 Å². The van der Waals surface area contributed by atoms with Crippen LogP contribution in [0.1, 0.15) is 239 Å². The molecule has 0 aromatic rings. The molecule has 0 aliphatic heterocycles. The van der Waals surface area contributed by atoms with E-state index in [0.29, 0.717) is 19.4 Å². The van der Waals surface area contributed by atoms with Gasteiger partial charge in [0.25, 0.3) is 0 Å². The van der Waals surface area contributed by atoms with E-state index in [4.69, 9.17) is 14.2 Å². The summed E-state index contributed by atoms with van der Waals surface area (Å²) >= 11 is 0. The lowest BCUT2D eigenvalue weighted by Gasteiger charge is -2.18. The molecule has 0 saturated carbocycles. The maximum atomic E-state index is 12.7. The summed E-state index contributed by atoms with van der Waals surface area (Å²) in [7, 11) is 0. The van der Waals surface area contributed by atoms with Gasteiger partial charge in [0.2, 0.25) is 0 Å². The number of hydrogen-bond donors (Lipinski definition) is 0. The largest absolute Gasteiger partial charge is 0.462 e. The van der Waals surface area contributed by atoms with E-state index < -0.39 is 6.10 Å². The van der Waals surface area contributed by atoms with Crippen molar-refractivity contribution in [3.8, 4) is 0 Å². The fourth-order valence-corrected chi connectivity index (χ4v) is 6.97. The molecule has 60 heavy (non-hydrogen) atoms. The van der Waals surface area contributed by atoms with Gasteiger partial charge in [0, 0.05) is 12.8 Å². The first-order chi connectivity index (χ1) is 29.6. The highest BCUT2D eigenvalue weighted by Crippen LogP contribution is 2.15. The number of rotatable bonds is 46. The third kappa shape index (κ3) is 48.0. The van der Waals surface area contributed by atoms with Crippen LogP contribution >= 0.6 is 0 Å². The lowest BCUT2D eigenvalue weighted by Crippen LogP contribution is -2.30. The molecule has 0 spiro atoms. The smallest absolute Gasteiger partial charge is 0.306 e. The Morgan fingerprint density at radius 2 is 0.767 bits per heavy atom. The van der Waals surface area contributed by atoms with Gasteiger partial charge in [-0.1, -0.05) is 229 Å². The van der Waals surface area contributed by atoms with Gasteiger partial charge in [0.05, 0.1) is 13.2 Å². The van der Waals surface area contributed by atoms with Crippen LogP contribution in [-0.4, -0.2) is 37.9 Å². The molecule has 0 aliphatic carbocycles. The molecule has 0 aromatic carbocycles. The van der Waals surface area contributed by atoms with Crippen LogP contribution in [0.2, 0.25) is 0 Å². The van der Waals surface area contributed by atoms with Gasteiger partial charge in [0.15, 0.2) is 6.10 Å². The minimum Gasteiger partial charge on any atom is -0.462 e. The Hall–Kier alpha value is -2.66. The highest BCUT2D eigenvalue weighted by atomic mass is 16.6. The number of unbranched alkanes of at least 4 members (excludes halogenated alkanes) is 23. The van der Waals surface area contributed by atoms with Gasteiger partial charge >= 0.3 is 11.9 Å². The number of hydrogen-bond acceptors (Lipinski definition) is 5. The normalized spacial score (nSPS) is 12.8. The van der Waals surface area contributed by atoms with Crippen molar-refractivity contribution in [2.24, 2.45) is 0 Å². The molecule has 0 bridgehead atoms. The molecule has 1 unspecified atom stereocenters. The number of ether oxygens (including phenoxy) is 3. The van der Waals surface area contributed by atoms with Crippen molar-refractivity contribution in [3.63, 3.8) is 0 Å². The molecule has 0 saturated heterocycles. The second kappa shape index (κ2) is 50.7. The van der Waals surface area contributed by atoms with Crippen molar-refractivity contribution in [2.45, 2.75) is 245 Å². The molecule has 0 radical (unpaired) electrons. The molecule has 346 valence electrons. The van der Waals surface area contributed by atoms with Crippen molar-refractivity contribution in [1.29, 1.82) is 0 Å². The fraction of sp³-hybridized carbons (Fsp3) is 0.745. The van der Waals surface area contributed by atoms with Crippen LogP contribution < -0.4 is 0 Å². The highest BCUT2D eigenvalue weighted by Gasteiger charge is 2.17. The van der Waals surface area contributed by atoms with Gasteiger partial charge in [-0.2, -0.15) is 0 Å². The minimum absolute atomic E-state index is 0.0526. The minimum atomic E-state index is -0.579. The van der Waals surface area contributed by atoms with Crippen LogP contribution in [-0.2, 0) is 23.8 Å². The number of esters is 2. The molecule has 0 fully saturated rings. The van der Waals surface area contributed by atoms with Crippen LogP contribution in [0.15, 0.2) is 72.9 Å². The summed E-state index contributed by atoms with van der Waals surface area (Å²) in [6.07, 6.45) is 65.0. The van der Waals surface area contributed by atoms with Crippen molar-refractivity contribution < 1.29 is 23.8 Å². The van der Waals surface area contributed by atoms with E-state index in [1.807, 2.05) is 0 Å². The molecule has 5 heteroatoms. The Balaban J connectivity index is 4.32. The van der Waals surface area contributed by atoms with Gasteiger partial charge in [0.1, 0.15) is 6.61 Å². The van der Waals surface area contributed by atoms with Crippen LogP contribution in [0.5, 0.6) is 0 Å². The van der Waals surface area contributed by atoms with Crippen LogP contribution in [0.4, 0.5) is 0 Å². The third-order valence-electron chi connectivity index (χ3n) is 10.7. The van der Waals surface area contributed by atoms with Gasteiger partial charge in [-0.05, 0) is 70.6 Å². The Morgan fingerprint density at radius 1 is 0.383 bits per heavy atom. The first-order valence-electron chi connectivity index (χ1n) is 25.5. The van der Waals surface area contributed by atoms with Crippen LogP contribution in [0.25, 0.3) is 0 Å². The molecule has 0 heterocycles. The van der Waals surface area contributed by atoms with E-state index in [2.05, 4.69) is 93.7 Å². The van der Waals surface area contributed by atoms with E-state index >= 15 is 0 Å². The van der Waals surface area contributed by atoms with Crippen molar-refractivity contribution in [3.05, 3.63) is 72.9 Å². The summed E-state index contributed by atoms with van der Waals surface area (Å²) < 4.78 is 17.3. The zero-order chi connectivity index (χ0) is 43.5. The highest BCUT2D eigenvalue weighted by molar-refractivity contribution is 5.70. The Kier molecular flexibility index (Phi) is 48.4. The summed E-state index contributed by atoms with van der Waals surface area (Å²) in [5.74, 6) is -0.444. The molecule has 0 N–H and O–H groups in total. The maximum Gasteiger partial charge on any atom is 0.306 e. The Morgan fingerprint density at radius 3 is 1.25 bits per heavy atom. The molecule has 0 aromatic heterocycles. The first kappa shape index (κ1) is 57.3. The molecular weight excluding hydrogens is 741 g/mol. The van der Waals surface area contributed by atoms with E-state index in [1.54, 1.807) is 0 Å². The van der Waals surface area contributed by atoms with E-state index in [-0.39, 0.29) is 25.2 Å². The lowest BCUT2D eigenvalue weighted by atomic mass is 10.0. The standard InChI is InChI=1S/C55H96O5/c1-4-7-10-13-16-19-22-24-26-28-29-31-34-36-39-42-45-48-54(56)59-52-53(60-55(57)49-46-43-40-37-33-21-18-15-12-9-6-3)51-58-50-47-44-41-38-35-32-30-27-25-23-20-17-14-11-8-5-2/h8,11,15,17-18,20,25,27,32,35,41,44,53H,4-7,9-10,12-14,16,19,21-24,26,28-31,33-34,36-40,42-43,45-52H2,1-3H3/b11-8-,18-15-,20-17-,27-25-,35-32-,44-41-. The fourth-order valence-electron chi connectivity index (χ4n) is 6.97. The predicted molar refractivity (Wildman–Crippen MR) is 260 cm³/mol. The van der Waals surface area contributed by atoms with Gasteiger partial charge in [-0.15, -0.1) is 0 Å². The zero-order valence-electron chi connectivity index (χ0n) is 39.7. The monoisotopic (exact) mass is 837 g/mol. The second-order valence-electron chi connectivity index (χ2n) is 16.7. The number of carbonyl (C=O) groups excluding carboxylic acids is 2. The number of allylic oxidation sites excluding steroid dienone is 11. The summed E-state index contributed by atoms with van der Waals surface area (Å²) in [5, 5.41) is 0. The topological polar surface area (TPSA) is 61.8 Å². The maximum absolute atomic E-state index is 12.7. The second-order valence-corrected chi connectivity index (χ2v) is 16.7. The van der Waals surface area contributed by atoms with Crippen molar-refractivity contribution in [1.82, 2.24) is 0 Å². The summed E-state index contributed by atoms with van der Waals surface area (Å²) in [5.41, 5.74) is 0. The average Bonchev–Trinajstić information content (AvgIpc) is 3.25. The van der Waals surface area contributed by atoms with Gasteiger partial charge in [-0.3, -0.25) is 9.59 Å². The Bertz CT molecular complexity index is 1080. The molecule has 1 atom stereocenters. The lowest BCUT2D eigenvalue weighted by molar-refractivity contribution is -0.162. The zero-order valence-corrected chi connectivity index (χ0v) is 39.7. The molecule has 5 nitrogen and oxygen atoms in total. The molecule has 0 aliphatic rings. The van der Waals surface area contributed by atoms with Gasteiger partial charge < -0.3 is 14.2 Å². The average molecular weight is 837 g/mol. The predicted octanol–water partition coefficient (Wildman–Crippen LogP) is 17.1. The quantitative estimate of drug-likeness (QED) is 0.0347. The van der Waals surface area contributed by atoms with Crippen LogP contribution in [0, 0.1) is 0 Å². The summed E-state index contributed by atoms with van der Waals surface area (Å²) in [6, 6.07) is 0. The number of carbonyl (C=O) groups is 2. The van der Waals surface area contributed by atoms with Gasteiger partial charge in [-0.25, -0.2) is 0 Å². The van der Waals surface area contributed by atoms with E-state index in [9.17, 15) is 9.59 Å².